The summed E-state index contributed by atoms with van der Waals surface area (Å²) in [6.07, 6.45) is 6.82. The normalized spacial score (nSPS) is 13.6. The minimum absolute atomic E-state index is 0.00913. The van der Waals surface area contributed by atoms with E-state index in [4.69, 9.17) is 17.0 Å². The van der Waals surface area contributed by atoms with Gasteiger partial charge in [0.15, 0.2) is 10.9 Å². The molecule has 0 radical (unpaired) electrons. The first-order valence-corrected chi connectivity index (χ1v) is 15.9. The fraction of sp³-hybridized carbons (Fsp3) is 0.355. The van der Waals surface area contributed by atoms with Crippen LogP contribution in [0, 0.1) is 0 Å². The van der Waals surface area contributed by atoms with Gasteiger partial charge in [-0.05, 0) is 99.3 Å². The smallest absolute Gasteiger partial charge is 0.341 e. The van der Waals surface area contributed by atoms with Crippen molar-refractivity contribution in [2.45, 2.75) is 68.9 Å². The number of Topliss-reactive ketones (excluding diaryl/α,β-unsaturated/α-hetero) is 1. The summed E-state index contributed by atoms with van der Waals surface area (Å²) in [6.45, 7) is 3.51. The summed E-state index contributed by atoms with van der Waals surface area (Å²) < 4.78 is 5.11. The molecule has 1 atom stereocenters. The van der Waals surface area contributed by atoms with Gasteiger partial charge in [-0.1, -0.05) is 25.8 Å². The van der Waals surface area contributed by atoms with Gasteiger partial charge in [-0.25, -0.2) is 4.79 Å². The van der Waals surface area contributed by atoms with Crippen LogP contribution in [0.3, 0.4) is 0 Å². The molecule has 3 aromatic rings. The fourth-order valence-corrected chi connectivity index (χ4v) is 7.26. The van der Waals surface area contributed by atoms with Crippen molar-refractivity contribution in [2.75, 3.05) is 23.1 Å². The highest BCUT2D eigenvalue weighted by Crippen LogP contribution is 2.38. The molecule has 0 bridgehead atoms. The molecule has 0 aliphatic heterocycles. The first-order chi connectivity index (χ1) is 19.8. The minimum Gasteiger partial charge on any atom is -0.465 e. The van der Waals surface area contributed by atoms with E-state index in [0.29, 0.717) is 27.7 Å². The molecule has 4 rings (SSSR count). The Morgan fingerprint density at radius 1 is 0.976 bits per heavy atom. The second-order valence-corrected chi connectivity index (χ2v) is 12.6. The summed E-state index contributed by atoms with van der Waals surface area (Å²) in [5.41, 5.74) is 3.75. The maximum absolute atomic E-state index is 13.4. The van der Waals surface area contributed by atoms with E-state index >= 15 is 0 Å². The molecule has 1 aliphatic carbocycles. The zero-order valence-corrected chi connectivity index (χ0v) is 26.0. The minimum atomic E-state index is -0.391. The zero-order chi connectivity index (χ0) is 29.4. The number of thioether (sulfide) groups is 1. The number of esters is 1. The summed E-state index contributed by atoms with van der Waals surface area (Å²) in [5.74, 6) is -0.520. The lowest BCUT2D eigenvalue weighted by molar-refractivity contribution is -0.115. The molecular weight excluding hydrogens is 575 g/mol. The number of aryl methyl sites for hydroxylation is 1. The lowest BCUT2D eigenvalue weighted by atomic mass is 9.96. The summed E-state index contributed by atoms with van der Waals surface area (Å²) >= 11 is 8.45. The molecule has 1 heterocycles. The van der Waals surface area contributed by atoms with Crippen LogP contribution in [0.15, 0.2) is 53.4 Å². The van der Waals surface area contributed by atoms with E-state index < -0.39 is 5.97 Å². The largest absolute Gasteiger partial charge is 0.465 e. The van der Waals surface area contributed by atoms with Gasteiger partial charge in [0.1, 0.15) is 5.00 Å². The highest BCUT2D eigenvalue weighted by molar-refractivity contribution is 8.00. The summed E-state index contributed by atoms with van der Waals surface area (Å²) in [5, 5.41) is 10.0. The fourth-order valence-electron chi connectivity index (χ4n) is 4.73. The van der Waals surface area contributed by atoms with Crippen molar-refractivity contribution in [2.24, 2.45) is 0 Å². The van der Waals surface area contributed by atoms with Crippen LogP contribution in [-0.2, 0) is 22.4 Å². The maximum atomic E-state index is 13.4. The summed E-state index contributed by atoms with van der Waals surface area (Å²) in [6, 6.07) is 14.8. The van der Waals surface area contributed by atoms with Crippen molar-refractivity contribution < 1.29 is 19.1 Å². The molecule has 1 aliphatic rings. The number of methoxy groups -OCH3 is 1. The number of ether oxygens (including phenoxy) is 1. The van der Waals surface area contributed by atoms with Crippen LogP contribution in [0.5, 0.6) is 0 Å². The number of carbonyl (C=O) groups excluding carboxylic acids is 3. The van der Waals surface area contributed by atoms with E-state index in [1.54, 1.807) is 24.3 Å². The Bertz CT molecular complexity index is 1420. The van der Waals surface area contributed by atoms with E-state index in [0.717, 1.165) is 53.9 Å². The van der Waals surface area contributed by atoms with Gasteiger partial charge in [-0.2, -0.15) is 0 Å². The lowest BCUT2D eigenvalue weighted by Crippen LogP contribution is -2.25. The Kier molecular flexibility index (Phi) is 11.0. The second kappa shape index (κ2) is 14.6. The van der Waals surface area contributed by atoms with Crippen LogP contribution >= 0.6 is 35.3 Å². The molecule has 0 saturated carbocycles. The van der Waals surface area contributed by atoms with Crippen molar-refractivity contribution in [3.63, 3.8) is 0 Å². The number of nitrogens with one attached hydrogen (secondary N) is 3. The molecule has 1 amide bonds. The Morgan fingerprint density at radius 3 is 2.37 bits per heavy atom. The Balaban J connectivity index is 1.42. The average Bonchev–Trinajstić information content (AvgIpc) is 3.26. The molecule has 0 spiro atoms. The van der Waals surface area contributed by atoms with Crippen LogP contribution in [0.4, 0.5) is 16.4 Å². The topological polar surface area (TPSA) is 96.5 Å². The maximum Gasteiger partial charge on any atom is 0.341 e. The molecule has 1 unspecified atom stereocenters. The highest BCUT2D eigenvalue weighted by atomic mass is 32.2. The van der Waals surface area contributed by atoms with Crippen LogP contribution in [-0.4, -0.2) is 35.1 Å². The molecule has 41 heavy (non-hydrogen) atoms. The number of benzene rings is 2. The van der Waals surface area contributed by atoms with Crippen molar-refractivity contribution in [1.82, 2.24) is 0 Å². The number of hydrogen-bond acceptors (Lipinski definition) is 7. The molecular formula is C31H35N3O4S3. The van der Waals surface area contributed by atoms with Crippen LogP contribution in [0.25, 0.3) is 0 Å². The number of rotatable bonds is 9. The standard InChI is InChI=1S/C31H35N3O4S3/c1-4-25(28(36)34-29-27(30(37)38-3)24-12-7-5-6-8-13-26(24)41-29)40-23-11-9-10-22(18-23)33-31(39)32-21-16-14-20(15-17-21)19(2)35/h9-11,14-18,25H,4-8,12-13H2,1-3H3,(H,34,36)(H2,32,33,39). The first kappa shape index (κ1) is 30.7. The average molecular weight is 610 g/mol. The summed E-state index contributed by atoms with van der Waals surface area (Å²) in [7, 11) is 1.39. The third kappa shape index (κ3) is 8.18. The van der Waals surface area contributed by atoms with Crippen molar-refractivity contribution in [3.05, 3.63) is 70.1 Å². The predicted octanol–water partition coefficient (Wildman–Crippen LogP) is 7.71. The summed E-state index contributed by atoms with van der Waals surface area (Å²) in [4.78, 5) is 39.8. The molecule has 0 fully saturated rings. The van der Waals surface area contributed by atoms with Gasteiger partial charge >= 0.3 is 5.97 Å². The Hall–Kier alpha value is -3.21. The molecule has 216 valence electrons. The SMILES string of the molecule is CCC(Sc1cccc(NC(=S)Nc2ccc(C(C)=O)cc2)c1)C(=O)Nc1sc2c(c1C(=O)OC)CCCCCC2. The molecule has 2 aromatic carbocycles. The Labute approximate surface area is 254 Å². The molecule has 1 aromatic heterocycles. The van der Waals surface area contributed by atoms with Crippen LogP contribution in [0.1, 0.15) is 77.1 Å². The van der Waals surface area contributed by atoms with Gasteiger partial charge in [0.05, 0.1) is 17.9 Å². The van der Waals surface area contributed by atoms with Gasteiger partial charge in [0.2, 0.25) is 5.91 Å². The van der Waals surface area contributed by atoms with E-state index in [1.165, 1.54) is 48.4 Å². The van der Waals surface area contributed by atoms with Crippen LogP contribution in [0.2, 0.25) is 0 Å². The monoisotopic (exact) mass is 609 g/mol. The molecule has 3 N–H and O–H groups in total. The van der Waals surface area contributed by atoms with Gasteiger partial charge in [-0.3, -0.25) is 9.59 Å². The van der Waals surface area contributed by atoms with E-state index in [2.05, 4.69) is 16.0 Å². The number of hydrogen-bond donors (Lipinski definition) is 3. The number of thiophene rings is 1. The second-order valence-electron chi connectivity index (χ2n) is 9.86. The number of carbonyl (C=O) groups is 3. The van der Waals surface area contributed by atoms with Crippen molar-refractivity contribution >= 4 is 74.5 Å². The number of anilines is 3. The third-order valence-corrected chi connectivity index (χ3v) is 9.65. The molecule has 10 heteroatoms. The third-order valence-electron chi connectivity index (χ3n) is 6.88. The number of thiocarbonyl (C=S) groups is 1. The predicted molar refractivity (Wildman–Crippen MR) is 173 cm³/mol. The van der Waals surface area contributed by atoms with E-state index in [1.807, 2.05) is 31.2 Å². The molecule has 7 nitrogen and oxygen atoms in total. The quantitative estimate of drug-likeness (QED) is 0.0982. The van der Waals surface area contributed by atoms with E-state index in [9.17, 15) is 14.4 Å². The van der Waals surface area contributed by atoms with Crippen molar-refractivity contribution in [3.8, 4) is 0 Å². The number of amides is 1. The van der Waals surface area contributed by atoms with Gasteiger partial charge in [-0.15, -0.1) is 23.1 Å². The van der Waals surface area contributed by atoms with Gasteiger partial charge < -0.3 is 20.7 Å². The zero-order valence-electron chi connectivity index (χ0n) is 23.5. The van der Waals surface area contributed by atoms with E-state index in [-0.39, 0.29) is 16.9 Å². The van der Waals surface area contributed by atoms with Crippen molar-refractivity contribution in [1.29, 1.82) is 0 Å². The lowest BCUT2D eigenvalue weighted by Gasteiger charge is -2.16. The van der Waals surface area contributed by atoms with Gasteiger partial charge in [0, 0.05) is 26.7 Å². The van der Waals surface area contributed by atoms with Gasteiger partial charge in [0.25, 0.3) is 0 Å². The number of fused-ring (bicyclic) bond motifs is 1. The first-order valence-electron chi connectivity index (χ1n) is 13.8. The number of ketones is 1. The van der Waals surface area contributed by atoms with Crippen LogP contribution < -0.4 is 16.0 Å². The highest BCUT2D eigenvalue weighted by Gasteiger charge is 2.28. The molecule has 0 saturated heterocycles. The Morgan fingerprint density at radius 2 is 1.68 bits per heavy atom.